The van der Waals surface area contributed by atoms with Crippen LogP contribution in [-0.4, -0.2) is 19.1 Å². The van der Waals surface area contributed by atoms with Gasteiger partial charge < -0.3 is 10.1 Å². The average molecular weight is 235 g/mol. The quantitative estimate of drug-likeness (QED) is 0.770. The van der Waals surface area contributed by atoms with Crippen molar-refractivity contribution >= 4 is 11.7 Å². The van der Waals surface area contributed by atoms with Crippen molar-refractivity contribution in [2.45, 2.75) is 27.2 Å². The fraction of sp³-hybridized carbons (Fsp3) is 0.500. The summed E-state index contributed by atoms with van der Waals surface area (Å²) in [7, 11) is 0. The Bertz CT molecular complexity index is 361. The Morgan fingerprint density at radius 3 is 2.71 bits per heavy atom. The van der Waals surface area contributed by atoms with Crippen LogP contribution in [0.15, 0.2) is 24.3 Å². The van der Waals surface area contributed by atoms with E-state index in [1.165, 1.54) is 5.56 Å². The smallest absolute Gasteiger partial charge is 0.307 e. The normalized spacial score (nSPS) is 10.4. The summed E-state index contributed by atoms with van der Waals surface area (Å²) in [6, 6.07) is 8.03. The van der Waals surface area contributed by atoms with Crippen molar-refractivity contribution in [3.05, 3.63) is 29.8 Å². The van der Waals surface area contributed by atoms with Gasteiger partial charge in [0, 0.05) is 12.2 Å². The first kappa shape index (κ1) is 13.6. The molecule has 0 aliphatic heterocycles. The molecule has 0 atom stereocenters. The molecule has 0 amide bonds. The van der Waals surface area contributed by atoms with Gasteiger partial charge in [-0.05, 0) is 24.5 Å². The third-order valence-electron chi connectivity index (χ3n) is 2.37. The van der Waals surface area contributed by atoms with E-state index in [4.69, 9.17) is 4.74 Å². The number of anilines is 1. The summed E-state index contributed by atoms with van der Waals surface area (Å²) in [6.45, 7) is 7.21. The number of aryl methyl sites for hydroxylation is 1. The summed E-state index contributed by atoms with van der Waals surface area (Å²) >= 11 is 0. The monoisotopic (exact) mass is 235 g/mol. The van der Waals surface area contributed by atoms with Crippen molar-refractivity contribution in [3.63, 3.8) is 0 Å². The van der Waals surface area contributed by atoms with Gasteiger partial charge in [0.25, 0.3) is 0 Å². The van der Waals surface area contributed by atoms with Crippen molar-refractivity contribution in [2.24, 2.45) is 5.92 Å². The van der Waals surface area contributed by atoms with Crippen LogP contribution < -0.4 is 5.32 Å². The second-order valence-corrected chi connectivity index (χ2v) is 4.57. The minimum atomic E-state index is -0.139. The number of benzene rings is 1. The molecule has 0 fully saturated rings. The van der Waals surface area contributed by atoms with Crippen LogP contribution in [-0.2, 0) is 9.53 Å². The summed E-state index contributed by atoms with van der Waals surface area (Å²) in [6.07, 6.45) is 0.404. The van der Waals surface area contributed by atoms with Gasteiger partial charge in [-0.2, -0.15) is 0 Å². The number of ether oxygens (including phenoxy) is 1. The highest BCUT2D eigenvalue weighted by Gasteiger charge is 2.04. The summed E-state index contributed by atoms with van der Waals surface area (Å²) in [5, 5.41) is 3.23. The molecule has 94 valence electrons. The van der Waals surface area contributed by atoms with Crippen LogP contribution >= 0.6 is 0 Å². The molecule has 1 N–H and O–H groups in total. The molecular formula is C14H21NO2. The molecule has 1 aromatic carbocycles. The van der Waals surface area contributed by atoms with Gasteiger partial charge in [-0.1, -0.05) is 32.0 Å². The van der Waals surface area contributed by atoms with Crippen molar-refractivity contribution in [2.75, 3.05) is 18.5 Å². The molecule has 0 unspecified atom stereocenters. The minimum absolute atomic E-state index is 0.139. The maximum atomic E-state index is 11.4. The molecule has 0 aliphatic carbocycles. The molecule has 0 spiro atoms. The van der Waals surface area contributed by atoms with Gasteiger partial charge in [-0.15, -0.1) is 0 Å². The lowest BCUT2D eigenvalue weighted by Crippen LogP contribution is -2.14. The van der Waals surface area contributed by atoms with E-state index in [9.17, 15) is 4.79 Å². The van der Waals surface area contributed by atoms with E-state index >= 15 is 0 Å². The van der Waals surface area contributed by atoms with Gasteiger partial charge in [-0.3, -0.25) is 4.79 Å². The number of para-hydroxylation sites is 1. The highest BCUT2D eigenvalue weighted by atomic mass is 16.5. The molecule has 0 saturated carbocycles. The molecule has 0 bridgehead atoms. The second-order valence-electron chi connectivity index (χ2n) is 4.57. The fourth-order valence-corrected chi connectivity index (χ4v) is 1.40. The van der Waals surface area contributed by atoms with E-state index in [2.05, 4.69) is 5.32 Å². The Kier molecular flexibility index (Phi) is 5.53. The zero-order valence-electron chi connectivity index (χ0n) is 10.8. The molecular weight excluding hydrogens is 214 g/mol. The first-order chi connectivity index (χ1) is 8.09. The van der Waals surface area contributed by atoms with E-state index in [1.807, 2.05) is 45.0 Å². The maximum absolute atomic E-state index is 11.4. The van der Waals surface area contributed by atoms with Crippen molar-refractivity contribution in [1.82, 2.24) is 0 Å². The summed E-state index contributed by atoms with van der Waals surface area (Å²) in [5.74, 6) is 0.253. The second kappa shape index (κ2) is 6.94. The summed E-state index contributed by atoms with van der Waals surface area (Å²) in [5.41, 5.74) is 2.26. The number of hydrogen-bond acceptors (Lipinski definition) is 3. The van der Waals surface area contributed by atoms with Gasteiger partial charge in [0.05, 0.1) is 13.0 Å². The number of hydrogen-bond donors (Lipinski definition) is 1. The number of esters is 1. The first-order valence-electron chi connectivity index (χ1n) is 6.04. The zero-order valence-corrected chi connectivity index (χ0v) is 10.8. The van der Waals surface area contributed by atoms with E-state index < -0.39 is 0 Å². The number of carbonyl (C=O) groups is 1. The molecule has 0 aromatic heterocycles. The fourth-order valence-electron chi connectivity index (χ4n) is 1.40. The Balaban J connectivity index is 2.24. The summed E-state index contributed by atoms with van der Waals surface area (Å²) < 4.78 is 5.09. The standard InChI is InChI=1S/C14H21NO2/c1-11(2)10-17-14(16)8-9-15-13-7-5-4-6-12(13)3/h4-7,11,15H,8-10H2,1-3H3. The first-order valence-corrected chi connectivity index (χ1v) is 6.04. The predicted octanol–water partition coefficient (Wildman–Crippen LogP) is 3.00. The lowest BCUT2D eigenvalue weighted by molar-refractivity contribution is -0.144. The largest absolute Gasteiger partial charge is 0.465 e. The van der Waals surface area contributed by atoms with Gasteiger partial charge in [0.2, 0.25) is 0 Å². The van der Waals surface area contributed by atoms with Crippen LogP contribution in [0.25, 0.3) is 0 Å². The Morgan fingerprint density at radius 2 is 2.06 bits per heavy atom. The van der Waals surface area contributed by atoms with Crippen molar-refractivity contribution in [3.8, 4) is 0 Å². The minimum Gasteiger partial charge on any atom is -0.465 e. The molecule has 0 saturated heterocycles. The van der Waals surface area contributed by atoms with E-state index in [0.717, 1.165) is 5.69 Å². The van der Waals surface area contributed by atoms with Crippen molar-refractivity contribution in [1.29, 1.82) is 0 Å². The maximum Gasteiger partial charge on any atom is 0.307 e. The van der Waals surface area contributed by atoms with Crippen LogP contribution in [0.1, 0.15) is 25.8 Å². The number of rotatable bonds is 6. The molecule has 1 aromatic rings. The number of nitrogens with one attached hydrogen (secondary N) is 1. The molecule has 0 radical (unpaired) electrons. The Morgan fingerprint density at radius 1 is 1.35 bits per heavy atom. The predicted molar refractivity (Wildman–Crippen MR) is 70.1 cm³/mol. The molecule has 0 aliphatic rings. The third kappa shape index (κ3) is 5.38. The lowest BCUT2D eigenvalue weighted by atomic mass is 10.2. The third-order valence-corrected chi connectivity index (χ3v) is 2.37. The van der Waals surface area contributed by atoms with Gasteiger partial charge in [0.15, 0.2) is 0 Å². The molecule has 0 heterocycles. The highest BCUT2D eigenvalue weighted by Crippen LogP contribution is 2.12. The van der Waals surface area contributed by atoms with Crippen LogP contribution in [0.2, 0.25) is 0 Å². The Hall–Kier alpha value is -1.51. The van der Waals surface area contributed by atoms with Gasteiger partial charge in [0.1, 0.15) is 0 Å². The van der Waals surface area contributed by atoms with Gasteiger partial charge >= 0.3 is 5.97 Å². The van der Waals surface area contributed by atoms with E-state index in [1.54, 1.807) is 0 Å². The van der Waals surface area contributed by atoms with Gasteiger partial charge in [-0.25, -0.2) is 0 Å². The van der Waals surface area contributed by atoms with Crippen LogP contribution in [0.4, 0.5) is 5.69 Å². The topological polar surface area (TPSA) is 38.3 Å². The highest BCUT2D eigenvalue weighted by molar-refractivity contribution is 5.70. The van der Waals surface area contributed by atoms with Crippen LogP contribution in [0.3, 0.4) is 0 Å². The Labute approximate surface area is 103 Å². The van der Waals surface area contributed by atoms with Crippen LogP contribution in [0, 0.1) is 12.8 Å². The summed E-state index contributed by atoms with van der Waals surface area (Å²) in [4.78, 5) is 11.4. The van der Waals surface area contributed by atoms with Crippen molar-refractivity contribution < 1.29 is 9.53 Å². The SMILES string of the molecule is Cc1ccccc1NCCC(=O)OCC(C)C. The van der Waals surface area contributed by atoms with Crippen LogP contribution in [0.5, 0.6) is 0 Å². The van der Waals surface area contributed by atoms with E-state index in [0.29, 0.717) is 25.5 Å². The average Bonchev–Trinajstić information content (AvgIpc) is 2.29. The lowest BCUT2D eigenvalue weighted by Gasteiger charge is -2.10. The molecule has 3 nitrogen and oxygen atoms in total. The van der Waals surface area contributed by atoms with E-state index in [-0.39, 0.29) is 5.97 Å². The molecule has 3 heteroatoms. The molecule has 17 heavy (non-hydrogen) atoms. The molecule has 1 rings (SSSR count). The number of carbonyl (C=O) groups excluding carboxylic acids is 1. The zero-order chi connectivity index (χ0) is 12.7.